The molecule has 0 amide bonds. The highest BCUT2D eigenvalue weighted by Crippen LogP contribution is 2.34. The van der Waals surface area contributed by atoms with Crippen molar-refractivity contribution >= 4 is 0 Å². The number of imidazole rings is 1. The highest BCUT2D eigenvalue weighted by atomic mass is 15.0. The van der Waals surface area contributed by atoms with Crippen LogP contribution in [0.4, 0.5) is 0 Å². The van der Waals surface area contributed by atoms with Crippen LogP contribution in [0.25, 0.3) is 0 Å². The Morgan fingerprint density at radius 1 is 1.44 bits per heavy atom. The van der Waals surface area contributed by atoms with Crippen LogP contribution in [0.2, 0.25) is 0 Å². The Kier molecular flexibility index (Phi) is 3.33. The van der Waals surface area contributed by atoms with E-state index in [2.05, 4.69) is 29.1 Å². The fourth-order valence-electron chi connectivity index (χ4n) is 2.42. The molecule has 0 bridgehead atoms. The largest absolute Gasteiger partial charge is 0.345 e. The first kappa shape index (κ1) is 11.6. The highest BCUT2D eigenvalue weighted by molar-refractivity contribution is 4.99. The molecule has 3 nitrogen and oxygen atoms in total. The number of rotatable bonds is 3. The lowest BCUT2D eigenvalue weighted by molar-refractivity contribution is 0.206. The first-order chi connectivity index (χ1) is 7.55. The van der Waals surface area contributed by atoms with Gasteiger partial charge in [0.25, 0.3) is 0 Å². The van der Waals surface area contributed by atoms with E-state index < -0.39 is 0 Å². The topological polar surface area (TPSA) is 40.7 Å². The van der Waals surface area contributed by atoms with Gasteiger partial charge < -0.3 is 10.3 Å². The average molecular weight is 221 g/mol. The Morgan fingerprint density at radius 2 is 2.12 bits per heavy atom. The van der Waals surface area contributed by atoms with Crippen LogP contribution in [0.3, 0.4) is 0 Å². The molecule has 1 fully saturated rings. The van der Waals surface area contributed by atoms with Gasteiger partial charge in [0, 0.05) is 24.5 Å². The predicted molar refractivity (Wildman–Crippen MR) is 66.2 cm³/mol. The third kappa shape index (κ3) is 3.08. The van der Waals surface area contributed by atoms with Gasteiger partial charge >= 0.3 is 0 Å². The Labute approximate surface area is 98.1 Å². The SMILES string of the molecule is Cc1ncc(CNC2CCC(C)(C)CC2)[nH]1. The minimum atomic E-state index is 0.558. The fourth-order valence-corrected chi connectivity index (χ4v) is 2.42. The second-order valence-electron chi connectivity index (χ2n) is 5.81. The number of hydrogen-bond donors (Lipinski definition) is 2. The van der Waals surface area contributed by atoms with Gasteiger partial charge in [0.2, 0.25) is 0 Å². The van der Waals surface area contributed by atoms with Crippen LogP contribution in [0.1, 0.15) is 51.0 Å². The molecule has 2 N–H and O–H groups in total. The van der Waals surface area contributed by atoms with E-state index in [-0.39, 0.29) is 0 Å². The van der Waals surface area contributed by atoms with Crippen LogP contribution in [0.15, 0.2) is 6.20 Å². The Balaban J connectivity index is 1.75. The van der Waals surface area contributed by atoms with Crippen molar-refractivity contribution in [2.75, 3.05) is 0 Å². The van der Waals surface area contributed by atoms with E-state index >= 15 is 0 Å². The summed E-state index contributed by atoms with van der Waals surface area (Å²) in [4.78, 5) is 7.47. The van der Waals surface area contributed by atoms with Gasteiger partial charge in [-0.15, -0.1) is 0 Å². The molecule has 0 aliphatic heterocycles. The normalized spacial score (nSPS) is 21.2. The molecule has 16 heavy (non-hydrogen) atoms. The van der Waals surface area contributed by atoms with Crippen LogP contribution in [-0.4, -0.2) is 16.0 Å². The number of hydrogen-bond acceptors (Lipinski definition) is 2. The van der Waals surface area contributed by atoms with Gasteiger partial charge in [-0.1, -0.05) is 13.8 Å². The molecule has 3 heteroatoms. The lowest BCUT2D eigenvalue weighted by atomic mass is 9.75. The van der Waals surface area contributed by atoms with Crippen LogP contribution < -0.4 is 5.32 Å². The van der Waals surface area contributed by atoms with Crippen LogP contribution in [-0.2, 0) is 6.54 Å². The fraction of sp³-hybridized carbons (Fsp3) is 0.769. The molecule has 0 unspecified atom stereocenters. The maximum Gasteiger partial charge on any atom is 0.103 e. The first-order valence-corrected chi connectivity index (χ1v) is 6.29. The summed E-state index contributed by atoms with van der Waals surface area (Å²) in [7, 11) is 0. The van der Waals surface area contributed by atoms with Gasteiger partial charge in [0.1, 0.15) is 5.82 Å². The zero-order valence-electron chi connectivity index (χ0n) is 10.6. The quantitative estimate of drug-likeness (QED) is 0.824. The van der Waals surface area contributed by atoms with Crippen molar-refractivity contribution in [2.24, 2.45) is 5.41 Å². The summed E-state index contributed by atoms with van der Waals surface area (Å²) in [6.07, 6.45) is 7.22. The van der Waals surface area contributed by atoms with E-state index in [0.29, 0.717) is 11.5 Å². The van der Waals surface area contributed by atoms with Crippen molar-refractivity contribution < 1.29 is 0 Å². The molecule has 0 aromatic carbocycles. The third-order valence-corrected chi connectivity index (χ3v) is 3.68. The molecule has 1 aliphatic carbocycles. The summed E-state index contributed by atoms with van der Waals surface area (Å²) in [6, 6.07) is 0.691. The number of aryl methyl sites for hydroxylation is 1. The van der Waals surface area contributed by atoms with Crippen LogP contribution in [0, 0.1) is 12.3 Å². The van der Waals surface area contributed by atoms with Gasteiger partial charge in [-0.2, -0.15) is 0 Å². The zero-order valence-corrected chi connectivity index (χ0v) is 10.6. The monoisotopic (exact) mass is 221 g/mol. The number of aromatic amines is 1. The van der Waals surface area contributed by atoms with E-state index in [9.17, 15) is 0 Å². The summed E-state index contributed by atoms with van der Waals surface area (Å²) in [5, 5.41) is 3.62. The minimum Gasteiger partial charge on any atom is -0.345 e. The molecule has 1 aromatic rings. The number of nitrogens with zero attached hydrogens (tertiary/aromatic N) is 1. The number of H-pyrrole nitrogens is 1. The molecule has 0 radical (unpaired) electrons. The summed E-state index contributed by atoms with van der Waals surface area (Å²) in [5.74, 6) is 1.00. The summed E-state index contributed by atoms with van der Waals surface area (Å²) >= 11 is 0. The highest BCUT2D eigenvalue weighted by Gasteiger charge is 2.26. The van der Waals surface area contributed by atoms with Crippen LogP contribution in [0.5, 0.6) is 0 Å². The van der Waals surface area contributed by atoms with Gasteiger partial charge in [0.05, 0.1) is 0 Å². The number of nitrogens with one attached hydrogen (secondary N) is 2. The van der Waals surface area contributed by atoms with Crippen molar-refractivity contribution in [3.8, 4) is 0 Å². The van der Waals surface area contributed by atoms with Crippen molar-refractivity contribution in [3.05, 3.63) is 17.7 Å². The Bertz CT molecular complexity index is 331. The van der Waals surface area contributed by atoms with E-state index in [4.69, 9.17) is 0 Å². The van der Waals surface area contributed by atoms with Crippen LogP contribution >= 0.6 is 0 Å². The van der Waals surface area contributed by atoms with Crippen molar-refractivity contribution in [2.45, 2.75) is 59.0 Å². The third-order valence-electron chi connectivity index (χ3n) is 3.68. The molecule has 1 heterocycles. The molecule has 0 saturated heterocycles. The molecule has 90 valence electrons. The molecule has 1 aromatic heterocycles. The average Bonchev–Trinajstić information content (AvgIpc) is 2.63. The molecule has 0 atom stereocenters. The van der Waals surface area contributed by atoms with Gasteiger partial charge in [-0.05, 0) is 38.0 Å². The number of aromatic nitrogens is 2. The summed E-state index contributed by atoms with van der Waals surface area (Å²) in [6.45, 7) is 7.67. The zero-order chi connectivity index (χ0) is 11.6. The van der Waals surface area contributed by atoms with E-state index in [1.807, 2.05) is 13.1 Å². The second-order valence-corrected chi connectivity index (χ2v) is 5.81. The van der Waals surface area contributed by atoms with Crippen molar-refractivity contribution in [3.63, 3.8) is 0 Å². The first-order valence-electron chi connectivity index (χ1n) is 6.29. The lowest BCUT2D eigenvalue weighted by Gasteiger charge is -2.34. The Hall–Kier alpha value is -0.830. The lowest BCUT2D eigenvalue weighted by Crippen LogP contribution is -2.35. The summed E-state index contributed by atoms with van der Waals surface area (Å²) in [5.41, 5.74) is 1.75. The van der Waals surface area contributed by atoms with Gasteiger partial charge in [-0.3, -0.25) is 0 Å². The summed E-state index contributed by atoms with van der Waals surface area (Å²) < 4.78 is 0. The smallest absolute Gasteiger partial charge is 0.103 e. The predicted octanol–water partition coefficient (Wildman–Crippen LogP) is 2.78. The molecule has 1 saturated carbocycles. The minimum absolute atomic E-state index is 0.558. The Morgan fingerprint density at radius 3 is 2.69 bits per heavy atom. The van der Waals surface area contributed by atoms with E-state index in [1.54, 1.807) is 0 Å². The van der Waals surface area contributed by atoms with Gasteiger partial charge in [0.15, 0.2) is 0 Å². The van der Waals surface area contributed by atoms with Gasteiger partial charge in [-0.25, -0.2) is 4.98 Å². The second kappa shape index (κ2) is 4.58. The van der Waals surface area contributed by atoms with Crippen molar-refractivity contribution in [1.29, 1.82) is 0 Å². The standard InChI is InChI=1S/C13H23N3/c1-10-14-8-12(16-10)9-15-11-4-6-13(2,3)7-5-11/h8,11,15H,4-7,9H2,1-3H3,(H,14,16). The van der Waals surface area contributed by atoms with Crippen molar-refractivity contribution in [1.82, 2.24) is 15.3 Å². The molecular weight excluding hydrogens is 198 g/mol. The maximum absolute atomic E-state index is 4.21. The molecule has 0 spiro atoms. The molecule has 1 aliphatic rings. The molecule has 2 rings (SSSR count). The van der Waals surface area contributed by atoms with E-state index in [0.717, 1.165) is 12.4 Å². The molecular formula is C13H23N3. The van der Waals surface area contributed by atoms with E-state index in [1.165, 1.54) is 31.4 Å². The maximum atomic E-state index is 4.21.